The number of carbonyl (C=O) groups excluding carboxylic acids is 2. The van der Waals surface area contributed by atoms with Gasteiger partial charge in [0.2, 0.25) is 0 Å². The second kappa shape index (κ2) is 9.23. The first-order valence-corrected chi connectivity index (χ1v) is 10.7. The highest BCUT2D eigenvalue weighted by atomic mass is 16.2. The number of carbonyl (C=O) groups is 2. The van der Waals surface area contributed by atoms with Gasteiger partial charge in [-0.3, -0.25) is 9.59 Å². The van der Waals surface area contributed by atoms with Gasteiger partial charge in [-0.05, 0) is 75.0 Å². The Labute approximate surface area is 172 Å². The molecule has 2 heterocycles. The van der Waals surface area contributed by atoms with Crippen LogP contribution < -0.4 is 10.6 Å². The van der Waals surface area contributed by atoms with Crippen LogP contribution in [0.5, 0.6) is 0 Å². The summed E-state index contributed by atoms with van der Waals surface area (Å²) in [4.78, 5) is 27.7. The average molecular weight is 392 g/mol. The molecule has 2 aromatic rings. The topological polar surface area (TPSA) is 61.4 Å². The summed E-state index contributed by atoms with van der Waals surface area (Å²) in [6.45, 7) is 3.14. The minimum absolute atomic E-state index is 0.0752. The summed E-state index contributed by atoms with van der Waals surface area (Å²) in [5.74, 6) is 0.283. The van der Waals surface area contributed by atoms with Gasteiger partial charge in [0.05, 0.1) is 0 Å². The van der Waals surface area contributed by atoms with Gasteiger partial charge in [0.15, 0.2) is 0 Å². The number of nitrogens with zero attached hydrogens (tertiary/aromatic N) is 1. The van der Waals surface area contributed by atoms with E-state index in [-0.39, 0.29) is 11.8 Å². The van der Waals surface area contributed by atoms with E-state index in [1.54, 1.807) is 36.4 Å². The Morgan fingerprint density at radius 2 is 1.66 bits per heavy atom. The van der Waals surface area contributed by atoms with Gasteiger partial charge >= 0.3 is 0 Å². The van der Waals surface area contributed by atoms with Crippen molar-refractivity contribution in [2.24, 2.45) is 5.92 Å². The van der Waals surface area contributed by atoms with Crippen LogP contribution in [0.25, 0.3) is 0 Å². The summed E-state index contributed by atoms with van der Waals surface area (Å²) < 4.78 is 0. The molecule has 0 radical (unpaired) electrons. The fourth-order valence-electron chi connectivity index (χ4n) is 4.67. The highest BCUT2D eigenvalue weighted by Gasteiger charge is 2.32. The molecule has 152 valence electrons. The molecule has 5 nitrogen and oxygen atoms in total. The zero-order chi connectivity index (χ0) is 20.1. The number of anilines is 1. The van der Waals surface area contributed by atoms with Crippen LogP contribution in [-0.4, -0.2) is 42.4 Å². The normalized spacial score (nSPS) is 21.8. The van der Waals surface area contributed by atoms with Crippen molar-refractivity contribution in [3.8, 4) is 0 Å². The molecule has 29 heavy (non-hydrogen) atoms. The van der Waals surface area contributed by atoms with E-state index < -0.39 is 0 Å². The molecule has 2 N–H and O–H groups in total. The molecule has 2 aliphatic heterocycles. The summed E-state index contributed by atoms with van der Waals surface area (Å²) in [6.07, 6.45) is 6.26. The van der Waals surface area contributed by atoms with E-state index in [2.05, 4.69) is 15.5 Å². The lowest BCUT2D eigenvalue weighted by atomic mass is 9.83. The van der Waals surface area contributed by atoms with Crippen molar-refractivity contribution < 1.29 is 9.59 Å². The number of nitrogens with one attached hydrogen (secondary N) is 2. The molecule has 2 amide bonds. The molecule has 4 rings (SSSR count). The summed E-state index contributed by atoms with van der Waals surface area (Å²) in [7, 11) is 0. The molecule has 0 aliphatic carbocycles. The van der Waals surface area contributed by atoms with Gasteiger partial charge in [0.25, 0.3) is 11.8 Å². The Morgan fingerprint density at radius 3 is 2.52 bits per heavy atom. The van der Waals surface area contributed by atoms with Crippen molar-refractivity contribution in [2.45, 2.75) is 38.1 Å². The lowest BCUT2D eigenvalue weighted by Gasteiger charge is -2.44. The zero-order valence-electron chi connectivity index (χ0n) is 16.8. The lowest BCUT2D eigenvalue weighted by molar-refractivity contribution is 0.0575. The van der Waals surface area contributed by atoms with E-state index in [0.29, 0.717) is 28.8 Å². The summed E-state index contributed by atoms with van der Waals surface area (Å²) in [5.41, 5.74) is 1.80. The van der Waals surface area contributed by atoms with Crippen LogP contribution in [0.2, 0.25) is 0 Å². The van der Waals surface area contributed by atoms with E-state index in [1.165, 1.54) is 45.2 Å². The molecule has 2 saturated heterocycles. The number of hydrogen-bond acceptors (Lipinski definition) is 3. The maximum Gasteiger partial charge on any atom is 0.255 e. The third-order valence-corrected chi connectivity index (χ3v) is 6.17. The van der Waals surface area contributed by atoms with Gasteiger partial charge in [-0.2, -0.15) is 0 Å². The van der Waals surface area contributed by atoms with Crippen molar-refractivity contribution in [1.29, 1.82) is 0 Å². The van der Waals surface area contributed by atoms with E-state index in [0.717, 1.165) is 6.54 Å². The minimum atomic E-state index is -0.178. The highest BCUT2D eigenvalue weighted by molar-refractivity contribution is 6.05. The first-order chi connectivity index (χ1) is 14.2. The van der Waals surface area contributed by atoms with Crippen LogP contribution in [0.1, 0.15) is 52.8 Å². The first-order valence-electron chi connectivity index (χ1n) is 10.7. The van der Waals surface area contributed by atoms with Crippen molar-refractivity contribution in [3.63, 3.8) is 0 Å². The summed E-state index contributed by atoms with van der Waals surface area (Å²) in [6, 6.07) is 16.8. The number of benzene rings is 2. The summed E-state index contributed by atoms with van der Waals surface area (Å²) >= 11 is 0. The lowest BCUT2D eigenvalue weighted by Crippen LogP contribution is -2.51. The van der Waals surface area contributed by atoms with E-state index in [9.17, 15) is 9.59 Å². The van der Waals surface area contributed by atoms with E-state index in [1.807, 2.05) is 18.2 Å². The Hall–Kier alpha value is -2.66. The van der Waals surface area contributed by atoms with Gasteiger partial charge < -0.3 is 15.5 Å². The van der Waals surface area contributed by atoms with Crippen molar-refractivity contribution in [1.82, 2.24) is 10.2 Å². The van der Waals surface area contributed by atoms with E-state index in [4.69, 9.17) is 0 Å². The molecule has 2 aliphatic rings. The largest absolute Gasteiger partial charge is 0.352 e. The fraction of sp³-hybridized carbons (Fsp3) is 0.417. The Bertz CT molecular complexity index is 850. The quantitative estimate of drug-likeness (QED) is 0.812. The Kier molecular flexibility index (Phi) is 6.25. The number of rotatable bonds is 5. The van der Waals surface area contributed by atoms with Crippen LogP contribution >= 0.6 is 0 Å². The van der Waals surface area contributed by atoms with E-state index >= 15 is 0 Å². The van der Waals surface area contributed by atoms with Gasteiger partial charge in [-0.25, -0.2) is 0 Å². The predicted octanol–water partition coefficient (Wildman–Crippen LogP) is 3.93. The molecule has 2 unspecified atom stereocenters. The Morgan fingerprint density at radius 1 is 0.862 bits per heavy atom. The van der Waals surface area contributed by atoms with Gasteiger partial charge in [0.1, 0.15) is 0 Å². The maximum absolute atomic E-state index is 12.7. The molecular formula is C24H29N3O2. The molecule has 0 saturated carbocycles. The zero-order valence-corrected chi connectivity index (χ0v) is 16.8. The number of piperidine rings is 2. The van der Waals surface area contributed by atoms with Gasteiger partial charge in [0, 0.05) is 29.4 Å². The number of fused-ring (bicyclic) bond motifs is 1. The van der Waals surface area contributed by atoms with Crippen molar-refractivity contribution in [2.75, 3.05) is 25.0 Å². The predicted molar refractivity (Wildman–Crippen MR) is 115 cm³/mol. The molecule has 2 aromatic carbocycles. The van der Waals surface area contributed by atoms with Gasteiger partial charge in [-0.15, -0.1) is 0 Å². The van der Waals surface area contributed by atoms with Crippen LogP contribution in [0.15, 0.2) is 54.6 Å². The second-order valence-corrected chi connectivity index (χ2v) is 8.11. The fourth-order valence-corrected chi connectivity index (χ4v) is 4.67. The molecule has 5 heteroatoms. The molecule has 2 fully saturated rings. The molecule has 0 spiro atoms. The third-order valence-electron chi connectivity index (χ3n) is 6.17. The van der Waals surface area contributed by atoms with Gasteiger partial charge in [-0.1, -0.05) is 30.7 Å². The number of amides is 2. The molecule has 0 bridgehead atoms. The smallest absolute Gasteiger partial charge is 0.255 e. The minimum Gasteiger partial charge on any atom is -0.352 e. The Balaban J connectivity index is 1.35. The number of hydrogen-bond donors (Lipinski definition) is 2. The van der Waals surface area contributed by atoms with Crippen LogP contribution in [0.4, 0.5) is 5.69 Å². The summed E-state index contributed by atoms with van der Waals surface area (Å²) in [5, 5.41) is 6.01. The van der Waals surface area contributed by atoms with Crippen LogP contribution in [0, 0.1) is 5.92 Å². The first kappa shape index (κ1) is 19.6. The van der Waals surface area contributed by atoms with Crippen molar-refractivity contribution in [3.05, 3.63) is 65.7 Å². The third kappa shape index (κ3) is 4.85. The monoisotopic (exact) mass is 391 g/mol. The average Bonchev–Trinajstić information content (AvgIpc) is 2.78. The standard InChI is InChI=1S/C24H29N3O2/c28-23(25-17-20-11-7-15-27-14-5-4-13-22(20)27)19-10-6-12-21(16-19)26-24(29)18-8-2-1-3-9-18/h1-3,6,8-10,12,16,20,22H,4-5,7,11,13-15,17H2,(H,25,28)(H,26,29). The molecule has 2 atom stereocenters. The molecule has 0 aromatic heterocycles. The SMILES string of the molecule is O=C(NCC1CCCN2CCCCC12)c1cccc(NC(=O)c2ccccc2)c1. The van der Waals surface area contributed by atoms with Crippen LogP contribution in [0.3, 0.4) is 0 Å². The maximum atomic E-state index is 12.7. The second-order valence-electron chi connectivity index (χ2n) is 8.11. The molecular weight excluding hydrogens is 362 g/mol. The highest BCUT2D eigenvalue weighted by Crippen LogP contribution is 2.30. The van der Waals surface area contributed by atoms with Crippen molar-refractivity contribution >= 4 is 17.5 Å². The van der Waals surface area contributed by atoms with Crippen LogP contribution in [-0.2, 0) is 0 Å².